The first-order valence-electron chi connectivity index (χ1n) is 10.4. The number of likely N-dealkylation sites (tertiary alicyclic amines) is 1. The van der Waals surface area contributed by atoms with E-state index in [9.17, 15) is 4.79 Å². The lowest BCUT2D eigenvalue weighted by Gasteiger charge is -2.36. The number of carbonyl (C=O) groups excluding carboxylic acids is 1. The molecule has 0 N–H and O–H groups in total. The third kappa shape index (κ3) is 4.04. The van der Waals surface area contributed by atoms with Crippen LogP contribution in [0.1, 0.15) is 46.9 Å². The van der Waals surface area contributed by atoms with Gasteiger partial charge in [-0.2, -0.15) is 0 Å². The molecule has 5 nitrogen and oxygen atoms in total. The zero-order valence-corrected chi connectivity index (χ0v) is 17.0. The largest absolute Gasteiger partial charge is 0.354 e. The van der Waals surface area contributed by atoms with E-state index in [2.05, 4.69) is 48.0 Å². The molecule has 28 heavy (non-hydrogen) atoms. The second-order valence-corrected chi connectivity index (χ2v) is 8.10. The van der Waals surface area contributed by atoms with E-state index in [-0.39, 0.29) is 11.9 Å². The molecule has 5 heteroatoms. The first kappa shape index (κ1) is 18.9. The Bertz CT molecular complexity index is 829. The maximum Gasteiger partial charge on any atom is 0.273 e. The van der Waals surface area contributed by atoms with Crippen molar-refractivity contribution in [2.75, 3.05) is 44.7 Å². The number of rotatable bonds is 3. The van der Waals surface area contributed by atoms with E-state index >= 15 is 0 Å². The van der Waals surface area contributed by atoms with Gasteiger partial charge in [-0.1, -0.05) is 35.9 Å². The van der Waals surface area contributed by atoms with Crippen LogP contribution in [-0.4, -0.2) is 60.5 Å². The minimum absolute atomic E-state index is 0.0576. The lowest BCUT2D eigenvalue weighted by Crippen LogP contribution is -2.45. The van der Waals surface area contributed by atoms with Crippen LogP contribution in [0.25, 0.3) is 0 Å². The second-order valence-electron chi connectivity index (χ2n) is 8.10. The number of carbonyl (C=O) groups is 1. The van der Waals surface area contributed by atoms with E-state index in [1.54, 1.807) is 0 Å². The predicted molar refractivity (Wildman–Crippen MR) is 113 cm³/mol. The Hall–Kier alpha value is -2.40. The molecule has 2 aromatic rings. The minimum Gasteiger partial charge on any atom is -0.354 e. The number of likely N-dealkylation sites (N-methyl/N-ethyl adjacent to an activating group) is 1. The lowest BCUT2D eigenvalue weighted by molar-refractivity contribution is 0.0605. The molecule has 1 aromatic carbocycles. The molecule has 148 valence electrons. The van der Waals surface area contributed by atoms with Crippen LogP contribution in [0.2, 0.25) is 0 Å². The summed E-state index contributed by atoms with van der Waals surface area (Å²) in [5.74, 6) is 0.977. The summed E-state index contributed by atoms with van der Waals surface area (Å²) in [5, 5.41) is 0. The fourth-order valence-corrected chi connectivity index (χ4v) is 4.30. The summed E-state index contributed by atoms with van der Waals surface area (Å²) in [5.41, 5.74) is 3.05. The van der Waals surface area contributed by atoms with Crippen LogP contribution in [0.5, 0.6) is 0 Å². The molecule has 0 saturated carbocycles. The van der Waals surface area contributed by atoms with Crippen molar-refractivity contribution in [2.24, 2.45) is 0 Å². The van der Waals surface area contributed by atoms with Crippen molar-refractivity contribution in [3.05, 3.63) is 59.3 Å². The molecule has 0 bridgehead atoms. The molecule has 2 aliphatic rings. The van der Waals surface area contributed by atoms with Gasteiger partial charge in [0.2, 0.25) is 0 Å². The number of amides is 1. The molecule has 0 aliphatic carbocycles. The van der Waals surface area contributed by atoms with Crippen LogP contribution in [0.3, 0.4) is 0 Å². The Labute approximate surface area is 168 Å². The number of pyridine rings is 1. The first-order valence-corrected chi connectivity index (χ1v) is 10.4. The van der Waals surface area contributed by atoms with Gasteiger partial charge in [0.1, 0.15) is 11.5 Å². The Morgan fingerprint density at radius 2 is 1.79 bits per heavy atom. The quantitative estimate of drug-likeness (QED) is 0.819. The highest BCUT2D eigenvalue weighted by atomic mass is 16.2. The normalized spacial score (nSPS) is 21.0. The van der Waals surface area contributed by atoms with Crippen molar-refractivity contribution in [1.29, 1.82) is 0 Å². The van der Waals surface area contributed by atoms with Gasteiger partial charge in [-0.05, 0) is 50.9 Å². The maximum absolute atomic E-state index is 13.4. The van der Waals surface area contributed by atoms with Gasteiger partial charge in [-0.3, -0.25) is 4.79 Å². The van der Waals surface area contributed by atoms with Crippen molar-refractivity contribution in [2.45, 2.75) is 32.2 Å². The van der Waals surface area contributed by atoms with Crippen LogP contribution < -0.4 is 4.90 Å². The van der Waals surface area contributed by atoms with Crippen molar-refractivity contribution in [3.8, 4) is 0 Å². The van der Waals surface area contributed by atoms with Crippen LogP contribution in [0.4, 0.5) is 5.82 Å². The smallest absolute Gasteiger partial charge is 0.273 e. The van der Waals surface area contributed by atoms with Crippen LogP contribution in [0, 0.1) is 6.92 Å². The Balaban J connectivity index is 1.56. The number of hydrogen-bond donors (Lipinski definition) is 0. The summed E-state index contributed by atoms with van der Waals surface area (Å²) in [4.78, 5) is 24.8. The van der Waals surface area contributed by atoms with E-state index in [4.69, 9.17) is 4.98 Å². The molecule has 0 spiro atoms. The number of aromatic nitrogens is 1. The summed E-state index contributed by atoms with van der Waals surface area (Å²) < 4.78 is 0. The summed E-state index contributed by atoms with van der Waals surface area (Å²) in [6.45, 7) is 6.88. The summed E-state index contributed by atoms with van der Waals surface area (Å²) >= 11 is 0. The summed E-state index contributed by atoms with van der Waals surface area (Å²) in [7, 11) is 2.15. The highest BCUT2D eigenvalue weighted by molar-refractivity contribution is 5.93. The monoisotopic (exact) mass is 378 g/mol. The molecule has 1 aromatic heterocycles. The van der Waals surface area contributed by atoms with Crippen molar-refractivity contribution >= 4 is 11.7 Å². The third-order valence-corrected chi connectivity index (χ3v) is 5.97. The third-order valence-electron chi connectivity index (χ3n) is 5.97. The van der Waals surface area contributed by atoms with E-state index in [1.165, 1.54) is 11.1 Å². The highest BCUT2D eigenvalue weighted by Crippen LogP contribution is 2.32. The zero-order valence-electron chi connectivity index (χ0n) is 17.0. The number of piperidine rings is 1. The second kappa shape index (κ2) is 8.31. The number of hydrogen-bond acceptors (Lipinski definition) is 4. The molecule has 3 heterocycles. The van der Waals surface area contributed by atoms with Crippen molar-refractivity contribution < 1.29 is 4.79 Å². The first-order chi connectivity index (χ1) is 13.6. The van der Waals surface area contributed by atoms with E-state index in [1.807, 2.05) is 23.1 Å². The molecule has 2 saturated heterocycles. The van der Waals surface area contributed by atoms with Gasteiger partial charge in [-0.15, -0.1) is 0 Å². The fraction of sp³-hybridized carbons (Fsp3) is 0.478. The molecule has 4 rings (SSSR count). The SMILES string of the molecule is Cc1cccc([C@H]2CCCCN2C(=O)c2cccc(N3CCN(C)CC3)n2)c1. The summed E-state index contributed by atoms with van der Waals surface area (Å²) in [6.07, 6.45) is 3.25. The fourth-order valence-electron chi connectivity index (χ4n) is 4.30. The Morgan fingerprint density at radius 3 is 2.57 bits per heavy atom. The summed E-state index contributed by atoms with van der Waals surface area (Å²) in [6, 6.07) is 14.6. The van der Waals surface area contributed by atoms with E-state index in [0.717, 1.165) is 57.8 Å². The van der Waals surface area contributed by atoms with Crippen molar-refractivity contribution in [1.82, 2.24) is 14.8 Å². The average Bonchev–Trinajstić information content (AvgIpc) is 2.74. The molecule has 0 radical (unpaired) electrons. The van der Waals surface area contributed by atoms with Gasteiger partial charge in [-0.25, -0.2) is 4.98 Å². The molecule has 1 atom stereocenters. The van der Waals surface area contributed by atoms with Gasteiger partial charge in [0, 0.05) is 32.7 Å². The molecule has 0 unspecified atom stereocenters. The van der Waals surface area contributed by atoms with Gasteiger partial charge in [0.25, 0.3) is 5.91 Å². The van der Waals surface area contributed by atoms with Crippen molar-refractivity contribution in [3.63, 3.8) is 0 Å². The molecular weight excluding hydrogens is 348 g/mol. The Morgan fingerprint density at radius 1 is 1.00 bits per heavy atom. The number of nitrogens with zero attached hydrogens (tertiary/aromatic N) is 4. The highest BCUT2D eigenvalue weighted by Gasteiger charge is 2.29. The van der Waals surface area contributed by atoms with E-state index in [0.29, 0.717) is 5.69 Å². The lowest BCUT2D eigenvalue weighted by atomic mass is 9.94. The topological polar surface area (TPSA) is 39.7 Å². The molecular formula is C23H30N4O. The Kier molecular flexibility index (Phi) is 5.62. The number of piperazine rings is 1. The number of anilines is 1. The van der Waals surface area contributed by atoms with Gasteiger partial charge in [0.05, 0.1) is 6.04 Å². The van der Waals surface area contributed by atoms with Gasteiger partial charge in [0.15, 0.2) is 0 Å². The average molecular weight is 379 g/mol. The van der Waals surface area contributed by atoms with Crippen LogP contribution in [-0.2, 0) is 0 Å². The van der Waals surface area contributed by atoms with Crippen LogP contribution >= 0.6 is 0 Å². The van der Waals surface area contributed by atoms with Gasteiger partial charge < -0.3 is 14.7 Å². The van der Waals surface area contributed by atoms with Crippen LogP contribution in [0.15, 0.2) is 42.5 Å². The predicted octanol–water partition coefficient (Wildman–Crippen LogP) is 3.51. The maximum atomic E-state index is 13.4. The van der Waals surface area contributed by atoms with E-state index < -0.39 is 0 Å². The number of aryl methyl sites for hydroxylation is 1. The standard InChI is InChI=1S/C23H30N4O/c1-18-7-5-8-19(17-18)21-10-3-4-12-27(21)23(28)20-9-6-11-22(24-20)26-15-13-25(2)14-16-26/h5-9,11,17,21H,3-4,10,12-16H2,1-2H3/t21-/m1/s1. The molecule has 2 aliphatic heterocycles. The molecule has 1 amide bonds. The zero-order chi connectivity index (χ0) is 19.5. The minimum atomic E-state index is 0.0576. The number of benzene rings is 1. The van der Waals surface area contributed by atoms with Gasteiger partial charge >= 0.3 is 0 Å². The molecule has 2 fully saturated rings.